The van der Waals surface area contributed by atoms with Gasteiger partial charge in [-0.3, -0.25) is 0 Å². The lowest BCUT2D eigenvalue weighted by Crippen LogP contribution is -2.31. The number of rotatable bonds is 7. The van der Waals surface area contributed by atoms with E-state index in [0.717, 1.165) is 24.3 Å². The molecule has 0 aliphatic rings. The molecular formula is C14H20N2O2. The Balaban J connectivity index is 2.99. The highest BCUT2D eigenvalue weighted by Crippen LogP contribution is 2.24. The first-order chi connectivity index (χ1) is 8.74. The molecule has 0 spiro atoms. The van der Waals surface area contributed by atoms with Crippen LogP contribution in [0.25, 0.3) is 0 Å². The largest absolute Gasteiger partial charge is 0.383 e. The number of benzene rings is 1. The third-order valence-corrected chi connectivity index (χ3v) is 2.81. The molecule has 0 heterocycles. The number of nitrogens with zero attached hydrogens (tertiary/aromatic N) is 2. The van der Waals surface area contributed by atoms with Crippen LogP contribution in [-0.4, -0.2) is 40.5 Å². The van der Waals surface area contributed by atoms with Crippen LogP contribution in [0.1, 0.15) is 11.1 Å². The topological polar surface area (TPSA) is 45.5 Å². The van der Waals surface area contributed by atoms with Gasteiger partial charge in [-0.2, -0.15) is 5.26 Å². The van der Waals surface area contributed by atoms with Crippen LogP contribution in [-0.2, 0) is 9.47 Å². The van der Waals surface area contributed by atoms with Crippen molar-refractivity contribution in [3.8, 4) is 6.07 Å². The van der Waals surface area contributed by atoms with Crippen molar-refractivity contribution in [1.29, 1.82) is 5.26 Å². The lowest BCUT2D eigenvalue weighted by Gasteiger charge is -2.26. The smallest absolute Gasteiger partial charge is 0.101 e. The summed E-state index contributed by atoms with van der Waals surface area (Å²) >= 11 is 0. The number of hydrogen-bond acceptors (Lipinski definition) is 4. The van der Waals surface area contributed by atoms with Gasteiger partial charge in [-0.15, -0.1) is 0 Å². The molecule has 0 amide bonds. The molecule has 1 aromatic carbocycles. The van der Waals surface area contributed by atoms with Gasteiger partial charge in [0.1, 0.15) is 6.07 Å². The lowest BCUT2D eigenvalue weighted by molar-refractivity contribution is 0.190. The highest BCUT2D eigenvalue weighted by Gasteiger charge is 2.13. The first-order valence-corrected chi connectivity index (χ1v) is 5.97. The fraction of sp³-hybridized carbons (Fsp3) is 0.500. The van der Waals surface area contributed by atoms with Crippen molar-refractivity contribution in [1.82, 2.24) is 0 Å². The number of para-hydroxylation sites is 1. The number of methoxy groups -OCH3 is 2. The molecule has 0 unspecified atom stereocenters. The third kappa shape index (κ3) is 3.73. The summed E-state index contributed by atoms with van der Waals surface area (Å²) in [7, 11) is 3.36. The van der Waals surface area contributed by atoms with E-state index in [1.54, 1.807) is 14.2 Å². The van der Waals surface area contributed by atoms with Crippen molar-refractivity contribution >= 4 is 5.69 Å². The molecule has 98 valence electrons. The lowest BCUT2D eigenvalue weighted by atomic mass is 10.1. The van der Waals surface area contributed by atoms with Gasteiger partial charge < -0.3 is 14.4 Å². The van der Waals surface area contributed by atoms with Gasteiger partial charge >= 0.3 is 0 Å². The van der Waals surface area contributed by atoms with Gasteiger partial charge in [-0.1, -0.05) is 12.1 Å². The fourth-order valence-corrected chi connectivity index (χ4v) is 1.91. The van der Waals surface area contributed by atoms with E-state index >= 15 is 0 Å². The fourth-order valence-electron chi connectivity index (χ4n) is 1.91. The van der Waals surface area contributed by atoms with E-state index in [9.17, 15) is 5.26 Å². The molecule has 0 fully saturated rings. The Kier molecular flexibility index (Phi) is 6.20. The maximum absolute atomic E-state index is 9.20. The van der Waals surface area contributed by atoms with Crippen molar-refractivity contribution in [2.45, 2.75) is 6.92 Å². The van der Waals surface area contributed by atoms with Gasteiger partial charge in [-0.05, 0) is 18.6 Å². The Morgan fingerprint density at radius 2 is 1.78 bits per heavy atom. The van der Waals surface area contributed by atoms with Crippen LogP contribution in [0, 0.1) is 18.3 Å². The van der Waals surface area contributed by atoms with Crippen LogP contribution in [0.4, 0.5) is 5.69 Å². The third-order valence-electron chi connectivity index (χ3n) is 2.81. The van der Waals surface area contributed by atoms with E-state index in [4.69, 9.17) is 9.47 Å². The van der Waals surface area contributed by atoms with Gasteiger partial charge in [0.25, 0.3) is 0 Å². The van der Waals surface area contributed by atoms with Crippen molar-refractivity contribution in [3.05, 3.63) is 29.3 Å². The molecule has 0 aliphatic heterocycles. The van der Waals surface area contributed by atoms with E-state index < -0.39 is 0 Å². The Hall–Kier alpha value is -1.57. The normalized spacial score (nSPS) is 10.1. The molecule has 0 radical (unpaired) electrons. The molecule has 4 nitrogen and oxygen atoms in total. The second-order valence-corrected chi connectivity index (χ2v) is 4.06. The number of hydrogen-bond donors (Lipinski definition) is 0. The van der Waals surface area contributed by atoms with E-state index in [2.05, 4.69) is 11.0 Å². The summed E-state index contributed by atoms with van der Waals surface area (Å²) in [5.74, 6) is 0. The van der Waals surface area contributed by atoms with Gasteiger partial charge in [0, 0.05) is 27.3 Å². The molecular weight excluding hydrogens is 228 g/mol. The molecule has 0 aromatic heterocycles. The molecule has 0 saturated heterocycles. The van der Waals surface area contributed by atoms with Crippen molar-refractivity contribution in [2.24, 2.45) is 0 Å². The number of aryl methyl sites for hydroxylation is 1. The van der Waals surface area contributed by atoms with E-state index in [0.29, 0.717) is 18.8 Å². The van der Waals surface area contributed by atoms with Gasteiger partial charge in [0.05, 0.1) is 24.5 Å². The highest BCUT2D eigenvalue weighted by atomic mass is 16.5. The molecule has 1 rings (SSSR count). The van der Waals surface area contributed by atoms with Crippen molar-refractivity contribution < 1.29 is 9.47 Å². The minimum atomic E-state index is 0.628. The number of nitriles is 1. The average molecular weight is 248 g/mol. The van der Waals surface area contributed by atoms with Gasteiger partial charge in [-0.25, -0.2) is 0 Å². The average Bonchev–Trinajstić information content (AvgIpc) is 2.39. The molecule has 0 atom stereocenters. The summed E-state index contributed by atoms with van der Waals surface area (Å²) in [4.78, 5) is 2.14. The second-order valence-electron chi connectivity index (χ2n) is 4.06. The molecule has 0 aliphatic carbocycles. The van der Waals surface area contributed by atoms with Gasteiger partial charge in [0.2, 0.25) is 0 Å². The molecule has 0 bridgehead atoms. The molecule has 18 heavy (non-hydrogen) atoms. The van der Waals surface area contributed by atoms with Crippen LogP contribution in [0.5, 0.6) is 0 Å². The second kappa shape index (κ2) is 7.70. The Morgan fingerprint density at radius 1 is 1.17 bits per heavy atom. The molecule has 0 N–H and O–H groups in total. The zero-order valence-corrected chi connectivity index (χ0v) is 11.3. The zero-order valence-electron chi connectivity index (χ0n) is 11.3. The van der Waals surface area contributed by atoms with E-state index in [-0.39, 0.29) is 0 Å². The maximum Gasteiger partial charge on any atom is 0.101 e. The summed E-state index contributed by atoms with van der Waals surface area (Å²) in [6, 6.07) is 8.01. The van der Waals surface area contributed by atoms with Crippen LogP contribution in [0.15, 0.2) is 18.2 Å². The summed E-state index contributed by atoms with van der Waals surface area (Å²) < 4.78 is 10.2. The number of anilines is 1. The molecule has 1 aromatic rings. The Labute approximate surface area is 109 Å². The highest BCUT2D eigenvalue weighted by molar-refractivity contribution is 5.64. The van der Waals surface area contributed by atoms with E-state index in [1.807, 2.05) is 25.1 Å². The minimum Gasteiger partial charge on any atom is -0.383 e. The Bertz CT molecular complexity index is 405. The summed E-state index contributed by atoms with van der Waals surface area (Å²) in [5.41, 5.74) is 2.78. The van der Waals surface area contributed by atoms with Crippen LogP contribution >= 0.6 is 0 Å². The molecule has 0 saturated carbocycles. The van der Waals surface area contributed by atoms with Crippen LogP contribution in [0.3, 0.4) is 0 Å². The van der Waals surface area contributed by atoms with Crippen LogP contribution < -0.4 is 4.90 Å². The van der Waals surface area contributed by atoms with Crippen molar-refractivity contribution in [3.63, 3.8) is 0 Å². The summed E-state index contributed by atoms with van der Waals surface area (Å²) in [5, 5.41) is 9.20. The SMILES string of the molecule is COCCN(CCOC)c1c(C)cccc1C#N. The molecule has 4 heteroatoms. The maximum atomic E-state index is 9.20. The first kappa shape index (κ1) is 14.5. The standard InChI is InChI=1S/C14H20N2O2/c1-12-5-4-6-13(11-15)14(12)16(7-9-17-2)8-10-18-3/h4-6H,7-10H2,1-3H3. The van der Waals surface area contributed by atoms with Crippen molar-refractivity contribution in [2.75, 3.05) is 45.4 Å². The summed E-state index contributed by atoms with van der Waals surface area (Å²) in [6.45, 7) is 4.77. The first-order valence-electron chi connectivity index (χ1n) is 5.97. The quantitative estimate of drug-likeness (QED) is 0.740. The number of ether oxygens (including phenoxy) is 2. The van der Waals surface area contributed by atoms with Crippen LogP contribution in [0.2, 0.25) is 0 Å². The summed E-state index contributed by atoms with van der Waals surface area (Å²) in [6.07, 6.45) is 0. The van der Waals surface area contributed by atoms with E-state index in [1.165, 1.54) is 0 Å². The predicted octanol–water partition coefficient (Wildman–Crippen LogP) is 1.97. The predicted molar refractivity (Wildman–Crippen MR) is 71.9 cm³/mol. The minimum absolute atomic E-state index is 0.628. The Morgan fingerprint density at radius 3 is 2.28 bits per heavy atom. The monoisotopic (exact) mass is 248 g/mol. The van der Waals surface area contributed by atoms with Gasteiger partial charge in [0.15, 0.2) is 0 Å². The zero-order chi connectivity index (χ0) is 13.4.